The summed E-state index contributed by atoms with van der Waals surface area (Å²) in [4.78, 5) is 22.6. The van der Waals surface area contributed by atoms with E-state index in [1.54, 1.807) is 19.1 Å². The number of rotatable bonds is 5. The van der Waals surface area contributed by atoms with Crippen molar-refractivity contribution in [3.05, 3.63) is 34.9 Å². The Kier molecular flexibility index (Phi) is 5.36. The fourth-order valence-electron chi connectivity index (χ4n) is 1.69. The van der Waals surface area contributed by atoms with Crippen LogP contribution < -0.4 is 0 Å². The number of methoxy groups -OCH3 is 1. The molecule has 0 amide bonds. The minimum Gasteiger partial charge on any atom is -0.466 e. The molecule has 0 N–H and O–H groups in total. The van der Waals surface area contributed by atoms with Gasteiger partial charge < -0.3 is 9.47 Å². The van der Waals surface area contributed by atoms with Crippen LogP contribution in [-0.2, 0) is 20.7 Å². The van der Waals surface area contributed by atoms with Crippen molar-refractivity contribution >= 4 is 11.9 Å². The Bertz CT molecular complexity index is 437. The third-order valence-electron chi connectivity index (χ3n) is 2.67. The van der Waals surface area contributed by atoms with E-state index in [0.717, 1.165) is 11.1 Å². The highest BCUT2D eigenvalue weighted by Crippen LogP contribution is 2.14. The van der Waals surface area contributed by atoms with Gasteiger partial charge in [-0.15, -0.1) is 0 Å². The molecule has 0 radical (unpaired) electrons. The zero-order chi connectivity index (χ0) is 13.5. The number of hydrogen-bond acceptors (Lipinski definition) is 4. The minimum atomic E-state index is -0.352. The molecule has 98 valence electrons. The first kappa shape index (κ1) is 14.2. The largest absolute Gasteiger partial charge is 0.466 e. The SMILES string of the molecule is CCOC(=O)CCc1ccc(C(=O)OC)cc1C. The molecule has 0 atom stereocenters. The quantitative estimate of drug-likeness (QED) is 0.752. The molecule has 1 rings (SSSR count). The molecular weight excluding hydrogens is 232 g/mol. The van der Waals surface area contributed by atoms with E-state index in [1.165, 1.54) is 7.11 Å². The number of carbonyl (C=O) groups is 2. The van der Waals surface area contributed by atoms with Crippen molar-refractivity contribution in [2.24, 2.45) is 0 Å². The number of esters is 2. The summed E-state index contributed by atoms with van der Waals surface area (Å²) in [6.07, 6.45) is 0.971. The van der Waals surface area contributed by atoms with Crippen LogP contribution >= 0.6 is 0 Å². The summed E-state index contributed by atoms with van der Waals surface area (Å²) in [5.74, 6) is -0.552. The molecule has 0 saturated carbocycles. The average molecular weight is 250 g/mol. The molecule has 0 unspecified atom stereocenters. The van der Waals surface area contributed by atoms with Crippen molar-refractivity contribution in [3.8, 4) is 0 Å². The van der Waals surface area contributed by atoms with E-state index in [9.17, 15) is 9.59 Å². The molecule has 1 aromatic rings. The van der Waals surface area contributed by atoms with Gasteiger partial charge in [0, 0.05) is 6.42 Å². The van der Waals surface area contributed by atoms with Gasteiger partial charge >= 0.3 is 11.9 Å². The lowest BCUT2D eigenvalue weighted by atomic mass is 10.0. The summed E-state index contributed by atoms with van der Waals surface area (Å²) >= 11 is 0. The Balaban J connectivity index is 2.68. The van der Waals surface area contributed by atoms with Crippen LogP contribution in [-0.4, -0.2) is 25.7 Å². The second kappa shape index (κ2) is 6.79. The maximum Gasteiger partial charge on any atom is 0.337 e. The highest BCUT2D eigenvalue weighted by molar-refractivity contribution is 5.89. The molecule has 1 aromatic carbocycles. The van der Waals surface area contributed by atoms with Gasteiger partial charge in [0.1, 0.15) is 0 Å². The number of carbonyl (C=O) groups excluding carboxylic acids is 2. The average Bonchev–Trinajstić information content (AvgIpc) is 2.36. The maximum atomic E-state index is 11.3. The summed E-state index contributed by atoms with van der Waals surface area (Å²) in [7, 11) is 1.35. The zero-order valence-electron chi connectivity index (χ0n) is 11.0. The zero-order valence-corrected chi connectivity index (χ0v) is 11.0. The van der Waals surface area contributed by atoms with Crippen LogP contribution in [0.3, 0.4) is 0 Å². The third kappa shape index (κ3) is 3.87. The van der Waals surface area contributed by atoms with Gasteiger partial charge in [-0.3, -0.25) is 4.79 Å². The smallest absolute Gasteiger partial charge is 0.337 e. The Morgan fingerprint density at radius 3 is 2.56 bits per heavy atom. The van der Waals surface area contributed by atoms with Crippen molar-refractivity contribution in [1.29, 1.82) is 0 Å². The van der Waals surface area contributed by atoms with Gasteiger partial charge in [0.25, 0.3) is 0 Å². The van der Waals surface area contributed by atoms with Crippen LogP contribution in [0, 0.1) is 6.92 Å². The van der Waals surface area contributed by atoms with Gasteiger partial charge in [0.2, 0.25) is 0 Å². The first-order valence-electron chi connectivity index (χ1n) is 5.92. The predicted molar refractivity (Wildman–Crippen MR) is 67.5 cm³/mol. The summed E-state index contributed by atoms with van der Waals surface area (Å²) in [5, 5.41) is 0. The van der Waals surface area contributed by atoms with E-state index < -0.39 is 0 Å². The highest BCUT2D eigenvalue weighted by atomic mass is 16.5. The Morgan fingerprint density at radius 2 is 2.00 bits per heavy atom. The van der Waals surface area contributed by atoms with Crippen LogP contribution in [0.1, 0.15) is 34.8 Å². The van der Waals surface area contributed by atoms with Crippen LogP contribution in [0.15, 0.2) is 18.2 Å². The van der Waals surface area contributed by atoms with Crippen molar-refractivity contribution in [3.63, 3.8) is 0 Å². The highest BCUT2D eigenvalue weighted by Gasteiger charge is 2.09. The van der Waals surface area contributed by atoms with E-state index >= 15 is 0 Å². The van der Waals surface area contributed by atoms with Crippen LogP contribution in [0.25, 0.3) is 0 Å². The van der Waals surface area contributed by atoms with E-state index in [4.69, 9.17) is 4.74 Å². The van der Waals surface area contributed by atoms with Gasteiger partial charge in [-0.25, -0.2) is 4.79 Å². The topological polar surface area (TPSA) is 52.6 Å². The van der Waals surface area contributed by atoms with Gasteiger partial charge in [-0.1, -0.05) is 6.07 Å². The monoisotopic (exact) mass is 250 g/mol. The number of benzene rings is 1. The minimum absolute atomic E-state index is 0.200. The molecule has 4 heteroatoms. The number of hydrogen-bond donors (Lipinski definition) is 0. The molecule has 0 aliphatic heterocycles. The van der Waals surface area contributed by atoms with Crippen LogP contribution in [0.2, 0.25) is 0 Å². The molecule has 0 aromatic heterocycles. The van der Waals surface area contributed by atoms with Crippen molar-refractivity contribution in [2.75, 3.05) is 13.7 Å². The summed E-state index contributed by atoms with van der Waals surface area (Å²) in [5.41, 5.74) is 2.53. The van der Waals surface area contributed by atoms with Crippen LogP contribution in [0.5, 0.6) is 0 Å². The Morgan fingerprint density at radius 1 is 1.28 bits per heavy atom. The van der Waals surface area contributed by atoms with E-state index in [1.807, 2.05) is 13.0 Å². The standard InChI is InChI=1S/C14H18O4/c1-4-18-13(15)8-7-11-5-6-12(9-10(11)2)14(16)17-3/h5-6,9H,4,7-8H2,1-3H3. The maximum absolute atomic E-state index is 11.3. The van der Waals surface area contributed by atoms with Gasteiger partial charge in [-0.2, -0.15) is 0 Å². The molecule has 0 bridgehead atoms. The first-order valence-corrected chi connectivity index (χ1v) is 5.92. The second-order valence-corrected chi connectivity index (χ2v) is 3.94. The van der Waals surface area contributed by atoms with E-state index in [-0.39, 0.29) is 11.9 Å². The van der Waals surface area contributed by atoms with Gasteiger partial charge in [0.05, 0.1) is 19.3 Å². The molecule has 0 spiro atoms. The molecule has 18 heavy (non-hydrogen) atoms. The summed E-state index contributed by atoms with van der Waals surface area (Å²) in [6.45, 7) is 4.10. The van der Waals surface area contributed by atoms with Crippen LogP contribution in [0.4, 0.5) is 0 Å². The molecule has 0 aliphatic rings. The summed E-state index contributed by atoms with van der Waals surface area (Å²) in [6, 6.07) is 5.33. The Labute approximate surface area is 107 Å². The van der Waals surface area contributed by atoms with Gasteiger partial charge in [-0.05, 0) is 43.5 Å². The fraction of sp³-hybridized carbons (Fsp3) is 0.429. The first-order chi connectivity index (χ1) is 8.58. The molecule has 0 saturated heterocycles. The van der Waals surface area contributed by atoms with Crippen molar-refractivity contribution in [2.45, 2.75) is 26.7 Å². The second-order valence-electron chi connectivity index (χ2n) is 3.94. The predicted octanol–water partition coefficient (Wildman–Crippen LogP) is 2.28. The molecule has 4 nitrogen and oxygen atoms in total. The molecule has 0 heterocycles. The third-order valence-corrected chi connectivity index (χ3v) is 2.67. The summed E-state index contributed by atoms with van der Waals surface area (Å²) < 4.78 is 9.52. The Hall–Kier alpha value is -1.84. The molecular formula is C14H18O4. The van der Waals surface area contributed by atoms with E-state index in [0.29, 0.717) is 25.0 Å². The number of ether oxygens (including phenoxy) is 2. The molecule has 0 aliphatic carbocycles. The normalized spacial score (nSPS) is 9.94. The molecule has 0 fully saturated rings. The van der Waals surface area contributed by atoms with E-state index in [2.05, 4.69) is 4.74 Å². The van der Waals surface area contributed by atoms with Gasteiger partial charge in [0.15, 0.2) is 0 Å². The number of aryl methyl sites for hydroxylation is 2. The fourth-order valence-corrected chi connectivity index (χ4v) is 1.69. The lowest BCUT2D eigenvalue weighted by Gasteiger charge is -2.07. The lowest BCUT2D eigenvalue weighted by Crippen LogP contribution is -2.07. The lowest BCUT2D eigenvalue weighted by molar-refractivity contribution is -0.143. The van der Waals surface area contributed by atoms with Crippen molar-refractivity contribution < 1.29 is 19.1 Å². The van der Waals surface area contributed by atoms with Crippen molar-refractivity contribution in [1.82, 2.24) is 0 Å².